The lowest BCUT2D eigenvalue weighted by molar-refractivity contribution is 0.179. The fraction of sp³-hybridized carbons (Fsp3) is 0.143. The molecule has 0 aromatic heterocycles. The molecule has 0 saturated heterocycles. The Morgan fingerprint density at radius 1 is 0.576 bits per heavy atom. The second kappa shape index (κ2) is 11.7. The molecule has 1 N–H and O–H groups in total. The summed E-state index contributed by atoms with van der Waals surface area (Å²) in [5.41, 5.74) is 3.83. The van der Waals surface area contributed by atoms with Crippen LogP contribution in [0.3, 0.4) is 0 Å². The molecule has 0 aliphatic rings. The van der Waals surface area contributed by atoms with Crippen LogP contribution in [0, 0.1) is 0 Å². The summed E-state index contributed by atoms with van der Waals surface area (Å²) in [4.78, 5) is 0. The van der Waals surface area contributed by atoms with E-state index in [-0.39, 0.29) is 13.2 Å². The van der Waals surface area contributed by atoms with Gasteiger partial charge in [-0.2, -0.15) is 0 Å². The normalized spacial score (nSPS) is 12.4. The zero-order chi connectivity index (χ0) is 22.8. The standard InChI is InChI=1S/C28H28NO3P/c30-33(31-22-25-15-7-2-8-16-25,32-23-26-17-9-3-10-18-26)28(27-19-11-4-12-20-27)29-21-24-13-5-1-6-14-24/h1-20,28-29H,21-23H2. The van der Waals surface area contributed by atoms with Crippen molar-refractivity contribution in [3.63, 3.8) is 0 Å². The first-order valence-corrected chi connectivity index (χ1v) is 12.6. The van der Waals surface area contributed by atoms with Gasteiger partial charge in [0.2, 0.25) is 0 Å². The Bertz CT molecular complexity index is 1090. The maximum Gasteiger partial charge on any atom is 0.352 e. The van der Waals surface area contributed by atoms with Gasteiger partial charge in [0.05, 0.1) is 13.2 Å². The third-order valence-electron chi connectivity index (χ3n) is 5.28. The van der Waals surface area contributed by atoms with Gasteiger partial charge in [-0.05, 0) is 22.3 Å². The van der Waals surface area contributed by atoms with E-state index in [1.807, 2.05) is 121 Å². The van der Waals surface area contributed by atoms with Gasteiger partial charge in [0.15, 0.2) is 0 Å². The summed E-state index contributed by atoms with van der Waals surface area (Å²) in [6, 6.07) is 39.2. The fourth-order valence-corrected chi connectivity index (χ4v) is 5.40. The van der Waals surface area contributed by atoms with Gasteiger partial charge in [0, 0.05) is 6.54 Å². The lowest BCUT2D eigenvalue weighted by Crippen LogP contribution is -2.23. The van der Waals surface area contributed by atoms with E-state index in [1.165, 1.54) is 0 Å². The molecule has 0 bridgehead atoms. The zero-order valence-corrected chi connectivity index (χ0v) is 19.3. The van der Waals surface area contributed by atoms with Crippen LogP contribution >= 0.6 is 7.60 Å². The zero-order valence-electron chi connectivity index (χ0n) is 18.4. The van der Waals surface area contributed by atoms with Crippen LogP contribution in [-0.2, 0) is 33.4 Å². The monoisotopic (exact) mass is 457 g/mol. The molecular weight excluding hydrogens is 429 g/mol. The highest BCUT2D eigenvalue weighted by molar-refractivity contribution is 7.54. The van der Waals surface area contributed by atoms with Crippen molar-refractivity contribution in [2.24, 2.45) is 0 Å². The predicted octanol–water partition coefficient (Wildman–Crippen LogP) is 7.10. The van der Waals surface area contributed by atoms with Crippen molar-refractivity contribution >= 4 is 7.60 Å². The lowest BCUT2D eigenvalue weighted by atomic mass is 10.2. The third-order valence-corrected chi connectivity index (χ3v) is 7.37. The summed E-state index contributed by atoms with van der Waals surface area (Å²) < 4.78 is 26.6. The molecule has 1 unspecified atom stereocenters. The number of hydrogen-bond acceptors (Lipinski definition) is 4. The van der Waals surface area contributed by atoms with Crippen molar-refractivity contribution in [2.75, 3.05) is 0 Å². The molecule has 0 aliphatic heterocycles. The van der Waals surface area contributed by atoms with Crippen LogP contribution in [0.2, 0.25) is 0 Å². The van der Waals surface area contributed by atoms with Gasteiger partial charge >= 0.3 is 7.60 Å². The average Bonchev–Trinajstić information content (AvgIpc) is 2.89. The fourth-order valence-electron chi connectivity index (χ4n) is 3.52. The summed E-state index contributed by atoms with van der Waals surface area (Å²) in [5, 5.41) is 3.45. The molecule has 4 aromatic carbocycles. The van der Waals surface area contributed by atoms with E-state index in [1.54, 1.807) is 0 Å². The van der Waals surface area contributed by atoms with Gasteiger partial charge in [-0.15, -0.1) is 0 Å². The smallest absolute Gasteiger partial charge is 0.302 e. The largest absolute Gasteiger partial charge is 0.352 e. The van der Waals surface area contributed by atoms with E-state index in [0.717, 1.165) is 22.3 Å². The van der Waals surface area contributed by atoms with E-state index in [2.05, 4.69) is 5.32 Å². The Labute approximate surface area is 195 Å². The van der Waals surface area contributed by atoms with Crippen molar-refractivity contribution in [3.05, 3.63) is 144 Å². The Morgan fingerprint density at radius 3 is 1.42 bits per heavy atom. The van der Waals surface area contributed by atoms with Crippen LogP contribution in [0.15, 0.2) is 121 Å². The van der Waals surface area contributed by atoms with Gasteiger partial charge in [-0.1, -0.05) is 121 Å². The molecule has 168 valence electrons. The highest BCUT2D eigenvalue weighted by Gasteiger charge is 2.37. The van der Waals surface area contributed by atoms with E-state index >= 15 is 0 Å². The van der Waals surface area contributed by atoms with Crippen LogP contribution in [0.1, 0.15) is 28.0 Å². The van der Waals surface area contributed by atoms with Crippen LogP contribution in [-0.4, -0.2) is 0 Å². The van der Waals surface area contributed by atoms with Crippen LogP contribution < -0.4 is 5.32 Å². The minimum atomic E-state index is -3.63. The topological polar surface area (TPSA) is 47.6 Å². The maximum atomic E-state index is 14.4. The average molecular weight is 458 g/mol. The molecule has 4 aromatic rings. The Hall–Kier alpha value is -3.01. The summed E-state index contributed by atoms with van der Waals surface area (Å²) in [6.07, 6.45) is 0. The Balaban J connectivity index is 1.62. The van der Waals surface area contributed by atoms with Gasteiger partial charge in [0.25, 0.3) is 0 Å². The minimum absolute atomic E-state index is 0.198. The van der Waals surface area contributed by atoms with Crippen LogP contribution in [0.4, 0.5) is 0 Å². The minimum Gasteiger partial charge on any atom is -0.302 e. The first-order chi connectivity index (χ1) is 16.2. The highest BCUT2D eigenvalue weighted by atomic mass is 31.2. The molecule has 0 spiro atoms. The van der Waals surface area contributed by atoms with Crippen molar-refractivity contribution in [2.45, 2.75) is 25.5 Å². The third kappa shape index (κ3) is 6.74. The summed E-state index contributed by atoms with van der Waals surface area (Å²) in [6.45, 7) is 0.931. The van der Waals surface area contributed by atoms with Crippen molar-refractivity contribution in [3.8, 4) is 0 Å². The number of benzene rings is 4. The molecule has 0 fully saturated rings. The molecule has 4 rings (SSSR count). The molecule has 5 heteroatoms. The molecule has 0 saturated carbocycles. The van der Waals surface area contributed by atoms with Gasteiger partial charge in [0.1, 0.15) is 5.78 Å². The quantitative estimate of drug-likeness (QED) is 0.244. The Kier molecular flexibility index (Phi) is 8.24. The van der Waals surface area contributed by atoms with Crippen LogP contribution in [0.5, 0.6) is 0 Å². The molecule has 0 heterocycles. The summed E-state index contributed by atoms with van der Waals surface area (Å²) >= 11 is 0. The molecule has 0 amide bonds. The van der Waals surface area contributed by atoms with Gasteiger partial charge in [-0.3, -0.25) is 9.88 Å². The molecule has 4 nitrogen and oxygen atoms in total. The van der Waals surface area contributed by atoms with E-state index in [4.69, 9.17) is 9.05 Å². The first-order valence-electron chi connectivity index (χ1n) is 11.0. The summed E-state index contributed by atoms with van der Waals surface area (Å²) in [7, 11) is -3.63. The number of nitrogens with one attached hydrogen (secondary N) is 1. The molecule has 1 atom stereocenters. The predicted molar refractivity (Wildman–Crippen MR) is 133 cm³/mol. The SMILES string of the molecule is O=P(OCc1ccccc1)(OCc1ccccc1)C(NCc1ccccc1)c1ccccc1. The van der Waals surface area contributed by atoms with E-state index < -0.39 is 13.4 Å². The maximum absolute atomic E-state index is 14.4. The van der Waals surface area contributed by atoms with E-state index in [9.17, 15) is 4.57 Å². The Morgan fingerprint density at radius 2 is 0.970 bits per heavy atom. The lowest BCUT2D eigenvalue weighted by Gasteiger charge is -2.28. The second-order valence-electron chi connectivity index (χ2n) is 7.74. The highest BCUT2D eigenvalue weighted by Crippen LogP contribution is 2.60. The first kappa shape index (κ1) is 23.2. The van der Waals surface area contributed by atoms with Crippen molar-refractivity contribution < 1.29 is 13.6 Å². The number of hydrogen-bond donors (Lipinski definition) is 1. The van der Waals surface area contributed by atoms with Crippen molar-refractivity contribution in [1.29, 1.82) is 0 Å². The summed E-state index contributed by atoms with van der Waals surface area (Å²) in [5.74, 6) is -0.619. The molecule has 0 aliphatic carbocycles. The van der Waals surface area contributed by atoms with E-state index in [0.29, 0.717) is 6.54 Å². The van der Waals surface area contributed by atoms with Crippen molar-refractivity contribution in [1.82, 2.24) is 5.32 Å². The number of rotatable bonds is 11. The van der Waals surface area contributed by atoms with Gasteiger partial charge in [-0.25, -0.2) is 0 Å². The van der Waals surface area contributed by atoms with Crippen LogP contribution in [0.25, 0.3) is 0 Å². The van der Waals surface area contributed by atoms with Gasteiger partial charge < -0.3 is 9.05 Å². The molecule has 0 radical (unpaired) electrons. The second-order valence-corrected chi connectivity index (χ2v) is 9.85. The molecule has 33 heavy (non-hydrogen) atoms. The molecular formula is C28H28NO3P.